The van der Waals surface area contributed by atoms with E-state index in [4.69, 9.17) is 10.5 Å². The average Bonchev–Trinajstić information content (AvgIpc) is 0.803. The number of hydrogen-bond acceptors (Lipinski definition) is 20. The molecular formula is C78H122N18O20. The van der Waals surface area contributed by atoms with Crippen molar-refractivity contribution in [2.24, 2.45) is 17.6 Å². The lowest BCUT2D eigenvalue weighted by molar-refractivity contribution is -0.138. The zero-order chi connectivity index (χ0) is 88.4. The number of ketones is 1. The summed E-state index contributed by atoms with van der Waals surface area (Å²) in [5.74, 6) is -14.3. The quantitative estimate of drug-likeness (QED) is 0.0337. The van der Waals surface area contributed by atoms with E-state index < -0.39 is 195 Å². The molecule has 0 saturated carbocycles. The van der Waals surface area contributed by atoms with Gasteiger partial charge in [-0.1, -0.05) is 58.0 Å². The summed E-state index contributed by atoms with van der Waals surface area (Å²) in [6.07, 6.45) is -0.986. The number of primary amides is 1. The number of ether oxygens (including phenoxy) is 1. The maximum atomic E-state index is 14.3. The Labute approximate surface area is 676 Å². The predicted molar refractivity (Wildman–Crippen MR) is 425 cm³/mol. The van der Waals surface area contributed by atoms with Crippen molar-refractivity contribution >= 4 is 123 Å². The van der Waals surface area contributed by atoms with Crippen LogP contribution in [0, 0.1) is 11.8 Å². The van der Waals surface area contributed by atoms with Gasteiger partial charge < -0.3 is 100 Å². The third-order valence-electron chi connectivity index (χ3n) is 18.9. The number of nitrogens with zero attached hydrogens (tertiary/aromatic N) is 1. The molecule has 0 radical (unpaired) electrons. The lowest BCUT2D eigenvalue weighted by atomic mass is 9.98. The molecule has 3 rings (SSSR count). The molecule has 0 bridgehead atoms. The van der Waals surface area contributed by atoms with E-state index >= 15 is 0 Å². The molecule has 116 heavy (non-hydrogen) atoms. The van der Waals surface area contributed by atoms with E-state index in [-0.39, 0.29) is 88.6 Å². The molecule has 0 aliphatic carbocycles. The van der Waals surface area contributed by atoms with Crippen molar-refractivity contribution in [2.75, 3.05) is 20.2 Å². The molecule has 0 spiro atoms. The number of nitrogens with one attached hydrogen (secondary N) is 16. The van der Waals surface area contributed by atoms with Crippen molar-refractivity contribution in [1.29, 1.82) is 0 Å². The zero-order valence-corrected chi connectivity index (χ0v) is 70.4. The molecule has 2 unspecified atom stereocenters. The minimum Gasteiger partial charge on any atom is -0.496 e. The molecule has 38 nitrogen and oxygen atoms in total. The summed E-state index contributed by atoms with van der Waals surface area (Å²) in [6, 6.07) is -3.79. The number of amides is 18. The highest BCUT2D eigenvalue weighted by Crippen LogP contribution is 2.28. The number of Topliss-reactive ketones (excluding diaryl/α,β-unsaturated/α-hetero) is 1. The van der Waals surface area contributed by atoms with Crippen molar-refractivity contribution in [2.45, 2.75) is 285 Å². The highest BCUT2D eigenvalue weighted by atomic mass is 16.5. The van der Waals surface area contributed by atoms with Crippen molar-refractivity contribution in [3.63, 3.8) is 0 Å². The van der Waals surface area contributed by atoms with E-state index in [2.05, 4.69) is 85.1 Å². The van der Waals surface area contributed by atoms with Gasteiger partial charge in [0.1, 0.15) is 100 Å². The van der Waals surface area contributed by atoms with E-state index in [9.17, 15) is 91.1 Å². The smallest absolute Gasteiger partial charge is 0.245 e. The Morgan fingerprint density at radius 1 is 0.405 bits per heavy atom. The molecule has 38 heteroatoms. The second kappa shape index (κ2) is 43.9. The van der Waals surface area contributed by atoms with Gasteiger partial charge in [0, 0.05) is 57.6 Å². The van der Waals surface area contributed by atoms with E-state index in [0.29, 0.717) is 5.75 Å². The first-order valence-electron chi connectivity index (χ1n) is 38.6. The van der Waals surface area contributed by atoms with Gasteiger partial charge in [-0.3, -0.25) is 91.1 Å². The molecule has 2 aromatic rings. The number of carbonyl (C=O) groups excluding carboxylic acids is 19. The number of nitrogens with two attached hydrogens (primary N) is 1. The molecule has 1 aliphatic heterocycles. The van der Waals surface area contributed by atoms with Crippen molar-refractivity contribution in [3.8, 4) is 5.75 Å². The summed E-state index contributed by atoms with van der Waals surface area (Å²) in [4.78, 5) is 256. The molecule has 1 saturated heterocycles. The second-order valence-electron chi connectivity index (χ2n) is 32.3. The average molecular weight is 1630 g/mol. The van der Waals surface area contributed by atoms with Crippen LogP contribution in [0.4, 0.5) is 0 Å². The molecule has 1 aliphatic rings. The van der Waals surface area contributed by atoms with E-state index in [1.54, 1.807) is 39.8 Å². The van der Waals surface area contributed by atoms with Crippen LogP contribution in [0.5, 0.6) is 5.75 Å². The van der Waals surface area contributed by atoms with Crippen LogP contribution in [-0.2, 0) is 97.6 Å². The lowest BCUT2D eigenvalue weighted by Gasteiger charge is -2.31. The number of likely N-dealkylation sites (tertiary alicyclic amines) is 1. The van der Waals surface area contributed by atoms with Gasteiger partial charge in [0.05, 0.1) is 7.11 Å². The summed E-state index contributed by atoms with van der Waals surface area (Å²) in [7, 11) is 1.53. The maximum Gasteiger partial charge on any atom is 0.245 e. The molecule has 18 N–H and O–H groups in total. The van der Waals surface area contributed by atoms with Crippen molar-refractivity contribution < 1.29 is 95.8 Å². The number of methoxy groups -OCH3 is 1. The van der Waals surface area contributed by atoms with Crippen LogP contribution in [0.2, 0.25) is 0 Å². The Morgan fingerprint density at radius 2 is 0.750 bits per heavy atom. The van der Waals surface area contributed by atoms with Crippen LogP contribution in [0.3, 0.4) is 0 Å². The zero-order valence-electron chi connectivity index (χ0n) is 70.4. The number of rotatable bonds is 43. The third kappa shape index (κ3) is 31.4. The van der Waals surface area contributed by atoms with E-state index in [0.717, 1.165) is 16.3 Å². The van der Waals surface area contributed by atoms with Crippen LogP contribution < -0.4 is 95.5 Å². The normalized spacial score (nSPS) is 15.3. The van der Waals surface area contributed by atoms with Gasteiger partial charge in [0.2, 0.25) is 106 Å². The topological polar surface area (TPSA) is 555 Å². The first-order valence-corrected chi connectivity index (χ1v) is 38.6. The first-order chi connectivity index (χ1) is 53.6. The molecule has 1 heterocycles. The van der Waals surface area contributed by atoms with Gasteiger partial charge in [0.25, 0.3) is 0 Å². The van der Waals surface area contributed by atoms with E-state index in [1.165, 1.54) is 123 Å². The van der Waals surface area contributed by atoms with Gasteiger partial charge in [-0.2, -0.15) is 0 Å². The number of hydrogen-bond donors (Lipinski definition) is 17. The Morgan fingerprint density at radius 3 is 1.20 bits per heavy atom. The van der Waals surface area contributed by atoms with E-state index in [1.807, 2.05) is 24.3 Å². The number of piperidine rings is 1. The highest BCUT2D eigenvalue weighted by Gasteiger charge is 2.41. The Kier molecular flexibility index (Phi) is 37.4. The summed E-state index contributed by atoms with van der Waals surface area (Å²) in [5.41, 5.74) is -0.986. The van der Waals surface area contributed by atoms with Crippen LogP contribution in [0.15, 0.2) is 36.4 Å². The molecule has 0 aromatic heterocycles. The fourth-order valence-electron chi connectivity index (χ4n) is 11.5. The fraction of sp³-hybridized carbons (Fsp3) is 0.628. The molecule has 18 amide bonds. The SMILES string of the molecule is COc1ccc(CNC(=O)CCC(NC(=O)C(C)(C)NC(=O)[C@H](C)NC(=O)[C@H](C)NC(=O)[C@H](C)NC(=O)C(C)(C)NC(=O)[C@H](CC(C)C)NC(=O)C(CCC(=O)N2CCC(=O)CC2)NC(=O)[C@H](C)NC(=O)C(C)(C)NC(=O)[C@H](C)NC(C)=O)C(=O)N[C@@H](C)C(=O)NC(C)(C)C(=O)N[C@@H](CC(C)C)C(=O)N[C@@H](C)C(N)=O)c2ccccc12. The summed E-state index contributed by atoms with van der Waals surface area (Å²) >= 11 is 0. The minimum absolute atomic E-state index is 0.0286. The Hall–Kier alpha value is -11.4. The highest BCUT2D eigenvalue weighted by molar-refractivity contribution is 6.03. The van der Waals surface area contributed by atoms with Gasteiger partial charge in [-0.15, -0.1) is 0 Å². The van der Waals surface area contributed by atoms with Crippen molar-refractivity contribution in [1.82, 2.24) is 90.0 Å². The van der Waals surface area contributed by atoms with Gasteiger partial charge in [-0.05, 0) is 158 Å². The van der Waals surface area contributed by atoms with Gasteiger partial charge in [-0.25, -0.2) is 0 Å². The van der Waals surface area contributed by atoms with Crippen LogP contribution in [-0.4, -0.2) is 226 Å². The maximum absolute atomic E-state index is 14.3. The third-order valence-corrected chi connectivity index (χ3v) is 18.9. The lowest BCUT2D eigenvalue weighted by Crippen LogP contribution is -2.64. The van der Waals surface area contributed by atoms with Gasteiger partial charge >= 0.3 is 0 Å². The minimum atomic E-state index is -1.88. The summed E-state index contributed by atoms with van der Waals surface area (Å²) in [5, 5.41) is 42.1. The second-order valence-corrected chi connectivity index (χ2v) is 32.3. The number of benzene rings is 2. The Balaban J connectivity index is 1.74. The monoisotopic (exact) mass is 1630 g/mol. The summed E-state index contributed by atoms with van der Waals surface area (Å²) in [6.45, 7) is 28.3. The molecule has 2 aromatic carbocycles. The fourth-order valence-corrected chi connectivity index (χ4v) is 11.5. The number of fused-ring (bicyclic) bond motifs is 1. The van der Waals surface area contributed by atoms with Crippen LogP contribution in [0.25, 0.3) is 10.8 Å². The largest absolute Gasteiger partial charge is 0.496 e. The van der Waals surface area contributed by atoms with Crippen LogP contribution in [0.1, 0.15) is 195 Å². The predicted octanol–water partition coefficient (Wildman–Crippen LogP) is -2.13. The van der Waals surface area contributed by atoms with Gasteiger partial charge in [0.15, 0.2) is 0 Å². The molecule has 11 atom stereocenters. The molecule has 1 fully saturated rings. The first kappa shape index (κ1) is 98.8. The number of carbonyl (C=O) groups is 19. The van der Waals surface area contributed by atoms with Crippen molar-refractivity contribution in [3.05, 3.63) is 42.0 Å². The standard InChI is InChI=1S/C78H122N18O20/c1-39(2)36-55(69(110)82-41(5)60(79)101)91-74(115)78(19,20)94-66(107)47(11)85-67(108)54(27-30-58(99)80-38-49-26-29-57(116-21)52-25-23-22-24-51(49)52)90-73(114)77(17,18)93-65(106)46(10)84-61(102)42(6)83-62(103)43(7)86-72(113)76(15,16)95-70(111)56(37-40(3)4)89-68(109)53(28-31-59(100)96-34-32-50(98)33-35-96)88-63(104)44(8)87-71(112)75(13,14)92-64(105)45(9)81-48(12)97/h22-26,29,39-47,53-56H,27-28,30-38H2,1-21H3,(H2,79,101)(H,80,99)(H,81,97)(H,82,110)(H,83,103)(H,84,102)(H,85,108)(H,86,113)(H,87,112)(H,88,104)(H,89,109)(H,90,114)(H,91,115)(H,92,105)(H,93,106)(H,94,107)(H,95,111)/t41-,42-,43-,44-,45-,46-,47-,53?,54?,55-,56-/m0/s1. The Bertz CT molecular complexity index is 3980. The molecule has 644 valence electrons. The summed E-state index contributed by atoms with van der Waals surface area (Å²) < 4.78 is 5.50. The van der Waals surface area contributed by atoms with Crippen LogP contribution >= 0.6 is 0 Å². The molecular weight excluding hydrogens is 1510 g/mol.